The molecule has 0 atom stereocenters. The first-order valence-corrected chi connectivity index (χ1v) is 4.72. The topological polar surface area (TPSA) is 54.9 Å². The Balaban J connectivity index is 2.31. The fraction of sp³-hybridized carbons (Fsp3) is 0.500. The summed E-state index contributed by atoms with van der Waals surface area (Å²) in [6.45, 7) is 3.89. The first kappa shape index (κ1) is 10.6. The Morgan fingerprint density at radius 2 is 2.29 bits per heavy atom. The summed E-state index contributed by atoms with van der Waals surface area (Å²) in [5, 5.41) is 2.83. The van der Waals surface area contributed by atoms with Gasteiger partial charge in [0, 0.05) is 31.1 Å². The molecular formula is C10H15N3O. The Morgan fingerprint density at radius 1 is 1.50 bits per heavy atom. The number of amides is 1. The third kappa shape index (κ3) is 3.98. The normalized spacial score (nSPS) is 10.2. The molecule has 0 aliphatic carbocycles. The highest BCUT2D eigenvalue weighted by Gasteiger charge is 2.03. The third-order valence-corrected chi connectivity index (χ3v) is 1.67. The molecule has 1 N–H and O–H groups in total. The molecule has 4 heteroatoms. The van der Waals surface area contributed by atoms with E-state index in [2.05, 4.69) is 15.3 Å². The van der Waals surface area contributed by atoms with Gasteiger partial charge in [-0.25, -0.2) is 0 Å². The van der Waals surface area contributed by atoms with Crippen LogP contribution in [0.2, 0.25) is 0 Å². The van der Waals surface area contributed by atoms with Gasteiger partial charge in [0.2, 0.25) is 5.91 Å². The molecule has 1 rings (SSSR count). The van der Waals surface area contributed by atoms with Crippen LogP contribution in [0.1, 0.15) is 26.0 Å². The van der Waals surface area contributed by atoms with E-state index in [1.165, 1.54) is 0 Å². The Hall–Kier alpha value is -1.45. The lowest BCUT2D eigenvalue weighted by atomic mass is 10.2. The third-order valence-electron chi connectivity index (χ3n) is 1.67. The van der Waals surface area contributed by atoms with Crippen LogP contribution in [0.25, 0.3) is 0 Å². The highest BCUT2D eigenvalue weighted by atomic mass is 16.1. The SMILES string of the molecule is CC(C)NC(=O)CCc1cnccn1. The number of hydrogen-bond acceptors (Lipinski definition) is 3. The van der Waals surface area contributed by atoms with E-state index in [0.29, 0.717) is 12.8 Å². The molecule has 1 aromatic rings. The fourth-order valence-corrected chi connectivity index (χ4v) is 1.09. The van der Waals surface area contributed by atoms with Crippen molar-refractivity contribution in [3.63, 3.8) is 0 Å². The van der Waals surface area contributed by atoms with Crippen molar-refractivity contribution in [2.75, 3.05) is 0 Å². The molecule has 0 aliphatic rings. The van der Waals surface area contributed by atoms with Crippen LogP contribution in [0.4, 0.5) is 0 Å². The van der Waals surface area contributed by atoms with Crippen LogP contribution in [-0.2, 0) is 11.2 Å². The van der Waals surface area contributed by atoms with Gasteiger partial charge in [-0.3, -0.25) is 14.8 Å². The maximum absolute atomic E-state index is 11.3. The second kappa shape index (κ2) is 5.32. The molecule has 0 saturated carbocycles. The first-order chi connectivity index (χ1) is 6.68. The Morgan fingerprint density at radius 3 is 2.86 bits per heavy atom. The number of carbonyl (C=O) groups excluding carboxylic acids is 1. The summed E-state index contributed by atoms with van der Waals surface area (Å²) >= 11 is 0. The molecule has 76 valence electrons. The minimum atomic E-state index is 0.0608. The minimum absolute atomic E-state index is 0.0608. The summed E-state index contributed by atoms with van der Waals surface area (Å²) in [6.07, 6.45) is 6.05. The highest BCUT2D eigenvalue weighted by Crippen LogP contribution is 1.96. The van der Waals surface area contributed by atoms with Gasteiger partial charge in [0.25, 0.3) is 0 Å². The van der Waals surface area contributed by atoms with Crippen molar-refractivity contribution in [2.24, 2.45) is 0 Å². The molecule has 0 bridgehead atoms. The summed E-state index contributed by atoms with van der Waals surface area (Å²) < 4.78 is 0. The summed E-state index contributed by atoms with van der Waals surface area (Å²) in [5.74, 6) is 0.0608. The fourth-order valence-electron chi connectivity index (χ4n) is 1.09. The van der Waals surface area contributed by atoms with E-state index >= 15 is 0 Å². The van der Waals surface area contributed by atoms with Gasteiger partial charge in [-0.1, -0.05) is 0 Å². The van der Waals surface area contributed by atoms with Crippen LogP contribution in [0.15, 0.2) is 18.6 Å². The zero-order valence-electron chi connectivity index (χ0n) is 8.53. The molecule has 0 unspecified atom stereocenters. The molecule has 0 radical (unpaired) electrons. The van der Waals surface area contributed by atoms with Crippen molar-refractivity contribution < 1.29 is 4.79 Å². The van der Waals surface area contributed by atoms with Gasteiger partial charge in [-0.2, -0.15) is 0 Å². The van der Waals surface area contributed by atoms with E-state index in [0.717, 1.165) is 5.69 Å². The van der Waals surface area contributed by atoms with Crippen molar-refractivity contribution >= 4 is 5.91 Å². The van der Waals surface area contributed by atoms with E-state index in [1.807, 2.05) is 13.8 Å². The number of aromatic nitrogens is 2. The predicted octanol–water partition coefficient (Wildman–Crippen LogP) is 0.934. The molecule has 4 nitrogen and oxygen atoms in total. The number of rotatable bonds is 4. The number of aryl methyl sites for hydroxylation is 1. The molecule has 0 aliphatic heterocycles. The van der Waals surface area contributed by atoms with Crippen LogP contribution in [-0.4, -0.2) is 21.9 Å². The van der Waals surface area contributed by atoms with Crippen LogP contribution in [0.3, 0.4) is 0 Å². The van der Waals surface area contributed by atoms with Crippen molar-refractivity contribution in [3.05, 3.63) is 24.3 Å². The Bertz CT molecular complexity index is 285. The van der Waals surface area contributed by atoms with Gasteiger partial charge >= 0.3 is 0 Å². The quantitative estimate of drug-likeness (QED) is 0.774. The van der Waals surface area contributed by atoms with Crippen molar-refractivity contribution in [2.45, 2.75) is 32.7 Å². The molecule has 14 heavy (non-hydrogen) atoms. The van der Waals surface area contributed by atoms with Crippen molar-refractivity contribution in [3.8, 4) is 0 Å². The second-order valence-electron chi connectivity index (χ2n) is 3.42. The largest absolute Gasteiger partial charge is 0.354 e. The average Bonchev–Trinajstić information content (AvgIpc) is 2.15. The summed E-state index contributed by atoms with van der Waals surface area (Å²) in [7, 11) is 0. The van der Waals surface area contributed by atoms with E-state index < -0.39 is 0 Å². The lowest BCUT2D eigenvalue weighted by Gasteiger charge is -2.07. The summed E-state index contributed by atoms with van der Waals surface area (Å²) in [6, 6.07) is 0.198. The standard InChI is InChI=1S/C10H15N3O/c1-8(2)13-10(14)4-3-9-7-11-5-6-12-9/h5-8H,3-4H2,1-2H3,(H,13,14). The van der Waals surface area contributed by atoms with E-state index in [9.17, 15) is 4.79 Å². The molecule has 1 heterocycles. The molecule has 0 spiro atoms. The maximum atomic E-state index is 11.3. The Kier molecular flexibility index (Phi) is 4.04. The van der Waals surface area contributed by atoms with Gasteiger partial charge < -0.3 is 5.32 Å². The monoisotopic (exact) mass is 193 g/mol. The van der Waals surface area contributed by atoms with Gasteiger partial charge in [-0.15, -0.1) is 0 Å². The number of nitrogens with one attached hydrogen (secondary N) is 1. The van der Waals surface area contributed by atoms with E-state index in [4.69, 9.17) is 0 Å². The maximum Gasteiger partial charge on any atom is 0.220 e. The number of nitrogens with zero attached hydrogens (tertiary/aromatic N) is 2. The average molecular weight is 193 g/mol. The Labute approximate surface area is 83.8 Å². The van der Waals surface area contributed by atoms with E-state index in [1.54, 1.807) is 18.6 Å². The van der Waals surface area contributed by atoms with Gasteiger partial charge in [0.15, 0.2) is 0 Å². The zero-order valence-corrected chi connectivity index (χ0v) is 8.53. The van der Waals surface area contributed by atoms with Gasteiger partial charge in [-0.05, 0) is 20.3 Å². The summed E-state index contributed by atoms with van der Waals surface area (Å²) in [4.78, 5) is 19.3. The minimum Gasteiger partial charge on any atom is -0.354 e. The van der Waals surface area contributed by atoms with Crippen LogP contribution in [0, 0.1) is 0 Å². The van der Waals surface area contributed by atoms with Crippen molar-refractivity contribution in [1.82, 2.24) is 15.3 Å². The highest BCUT2D eigenvalue weighted by molar-refractivity contribution is 5.76. The van der Waals surface area contributed by atoms with Gasteiger partial charge in [0.1, 0.15) is 0 Å². The second-order valence-corrected chi connectivity index (χ2v) is 3.42. The van der Waals surface area contributed by atoms with Crippen molar-refractivity contribution in [1.29, 1.82) is 0 Å². The lowest BCUT2D eigenvalue weighted by Crippen LogP contribution is -2.30. The van der Waals surface area contributed by atoms with Crippen LogP contribution < -0.4 is 5.32 Å². The lowest BCUT2D eigenvalue weighted by molar-refractivity contribution is -0.121. The van der Waals surface area contributed by atoms with E-state index in [-0.39, 0.29) is 11.9 Å². The van der Waals surface area contributed by atoms with Crippen LogP contribution >= 0.6 is 0 Å². The number of hydrogen-bond donors (Lipinski definition) is 1. The van der Waals surface area contributed by atoms with Crippen LogP contribution in [0.5, 0.6) is 0 Å². The smallest absolute Gasteiger partial charge is 0.220 e. The molecule has 1 aromatic heterocycles. The summed E-state index contributed by atoms with van der Waals surface area (Å²) in [5.41, 5.74) is 0.853. The predicted molar refractivity (Wildman–Crippen MR) is 53.6 cm³/mol. The van der Waals surface area contributed by atoms with Gasteiger partial charge in [0.05, 0.1) is 5.69 Å². The molecule has 1 amide bonds. The number of carbonyl (C=O) groups is 1. The molecule has 0 saturated heterocycles. The first-order valence-electron chi connectivity index (χ1n) is 4.72. The zero-order chi connectivity index (χ0) is 10.4. The molecule has 0 aromatic carbocycles. The molecular weight excluding hydrogens is 178 g/mol. The molecule has 0 fully saturated rings.